The summed E-state index contributed by atoms with van der Waals surface area (Å²) in [4.78, 5) is 14.1. The minimum Gasteiger partial charge on any atom is -0.476 e. The van der Waals surface area contributed by atoms with Gasteiger partial charge in [0.2, 0.25) is 0 Å². The quantitative estimate of drug-likeness (QED) is 0.927. The van der Waals surface area contributed by atoms with Crippen molar-refractivity contribution < 1.29 is 19.1 Å². The number of ether oxygens (including phenoxy) is 1. The molecule has 0 aliphatic rings. The van der Waals surface area contributed by atoms with Crippen molar-refractivity contribution in [2.75, 3.05) is 0 Å². The largest absolute Gasteiger partial charge is 0.476 e. The topological polar surface area (TPSA) is 72.6 Å². The van der Waals surface area contributed by atoms with Crippen molar-refractivity contribution in [3.8, 4) is 11.8 Å². The van der Waals surface area contributed by atoms with E-state index in [2.05, 4.69) is 4.98 Å². The lowest BCUT2D eigenvalue weighted by atomic mass is 10.3. The Balaban J connectivity index is 2.25. The Morgan fingerprint density at radius 1 is 1.41 bits per heavy atom. The molecule has 1 aromatic carbocycles. The summed E-state index contributed by atoms with van der Waals surface area (Å²) >= 11 is 11.6. The normalized spacial score (nSPS) is 10.2. The number of hydrogen-bond acceptors (Lipinski definition) is 4. The monoisotopic (exact) mass is 273 g/mol. The second-order valence-electron chi connectivity index (χ2n) is 2.98. The third-order valence-electron chi connectivity index (χ3n) is 1.79. The smallest absolute Gasteiger partial charge is 0.399 e. The summed E-state index contributed by atoms with van der Waals surface area (Å²) < 4.78 is 9.97. The van der Waals surface area contributed by atoms with Gasteiger partial charge in [0.1, 0.15) is 6.26 Å². The van der Waals surface area contributed by atoms with E-state index in [-0.39, 0.29) is 17.5 Å². The fourth-order valence-electron chi connectivity index (χ4n) is 1.05. The van der Waals surface area contributed by atoms with Crippen LogP contribution in [0.1, 0.15) is 10.5 Å². The van der Waals surface area contributed by atoms with Crippen molar-refractivity contribution in [2.45, 2.75) is 0 Å². The highest BCUT2D eigenvalue weighted by atomic mass is 35.5. The lowest BCUT2D eigenvalue weighted by Gasteiger charge is -2.02. The van der Waals surface area contributed by atoms with E-state index in [1.807, 2.05) is 0 Å². The summed E-state index contributed by atoms with van der Waals surface area (Å²) in [5.41, 5.74) is -0.252. The molecule has 2 aromatic rings. The minimum atomic E-state index is -1.21. The van der Waals surface area contributed by atoms with Gasteiger partial charge in [0.25, 0.3) is 0 Å². The van der Waals surface area contributed by atoms with E-state index in [1.165, 1.54) is 6.07 Å². The van der Waals surface area contributed by atoms with Gasteiger partial charge in [0, 0.05) is 11.1 Å². The maximum Gasteiger partial charge on any atom is 0.399 e. The number of oxazole rings is 1. The fourth-order valence-corrected chi connectivity index (χ4v) is 1.37. The van der Waals surface area contributed by atoms with Gasteiger partial charge in [-0.05, 0) is 12.1 Å². The number of carboxylic acids is 1. The molecule has 88 valence electrons. The summed E-state index contributed by atoms with van der Waals surface area (Å²) in [6, 6.07) is 4.60. The first-order valence-electron chi connectivity index (χ1n) is 4.38. The highest BCUT2D eigenvalue weighted by Gasteiger charge is 2.13. The molecule has 0 amide bonds. The molecule has 1 heterocycles. The Labute approximate surface area is 106 Å². The average Bonchev–Trinajstić information content (AvgIpc) is 2.72. The van der Waals surface area contributed by atoms with Crippen LogP contribution in [0.4, 0.5) is 0 Å². The molecule has 0 bridgehead atoms. The predicted molar refractivity (Wildman–Crippen MR) is 60.0 cm³/mol. The highest BCUT2D eigenvalue weighted by molar-refractivity contribution is 6.34. The van der Waals surface area contributed by atoms with E-state index >= 15 is 0 Å². The Bertz CT molecular complexity index is 567. The molecule has 2 rings (SSSR count). The molecular weight excluding hydrogens is 269 g/mol. The van der Waals surface area contributed by atoms with Crippen LogP contribution in [-0.2, 0) is 0 Å². The van der Waals surface area contributed by atoms with E-state index in [4.69, 9.17) is 37.5 Å². The summed E-state index contributed by atoms with van der Waals surface area (Å²) in [5, 5.41) is 9.37. The minimum absolute atomic E-state index is 0.216. The number of carboxylic acid groups (broad SMARTS) is 1. The van der Waals surface area contributed by atoms with E-state index in [1.54, 1.807) is 12.1 Å². The van der Waals surface area contributed by atoms with Gasteiger partial charge < -0.3 is 14.3 Å². The van der Waals surface area contributed by atoms with Crippen LogP contribution >= 0.6 is 23.2 Å². The Hall–Kier alpha value is -1.72. The van der Waals surface area contributed by atoms with Gasteiger partial charge in [0.15, 0.2) is 11.4 Å². The molecule has 7 heteroatoms. The Morgan fingerprint density at radius 3 is 2.82 bits per heavy atom. The van der Waals surface area contributed by atoms with Crippen LogP contribution < -0.4 is 4.74 Å². The van der Waals surface area contributed by atoms with Crippen LogP contribution in [0.25, 0.3) is 0 Å². The Kier molecular flexibility index (Phi) is 3.21. The molecule has 0 atom stereocenters. The Morgan fingerprint density at radius 2 is 2.18 bits per heavy atom. The van der Waals surface area contributed by atoms with E-state index in [9.17, 15) is 4.79 Å². The summed E-state index contributed by atoms with van der Waals surface area (Å²) in [6.45, 7) is 0. The molecule has 0 spiro atoms. The standard InChI is InChI=1S/C10H5Cl2NO4/c11-5-1-2-6(12)8(3-5)17-10-13-7(4-16-10)9(14)15/h1-4H,(H,14,15). The second-order valence-corrected chi connectivity index (χ2v) is 3.82. The number of hydrogen-bond donors (Lipinski definition) is 1. The first-order valence-corrected chi connectivity index (χ1v) is 5.13. The molecule has 0 unspecified atom stereocenters. The third-order valence-corrected chi connectivity index (χ3v) is 2.34. The molecule has 1 N–H and O–H groups in total. The number of aromatic carboxylic acids is 1. The zero-order chi connectivity index (χ0) is 12.4. The summed E-state index contributed by atoms with van der Waals surface area (Å²) in [6.07, 6.45) is 0.752. The van der Waals surface area contributed by atoms with Crippen LogP contribution in [-0.4, -0.2) is 16.1 Å². The summed E-state index contributed by atoms with van der Waals surface area (Å²) in [7, 11) is 0. The number of carbonyl (C=O) groups is 1. The molecular formula is C10H5Cl2NO4. The van der Waals surface area contributed by atoms with Crippen molar-refractivity contribution >= 4 is 29.2 Å². The van der Waals surface area contributed by atoms with Gasteiger partial charge in [-0.15, -0.1) is 0 Å². The van der Waals surface area contributed by atoms with E-state index in [0.29, 0.717) is 10.0 Å². The van der Waals surface area contributed by atoms with Gasteiger partial charge in [-0.3, -0.25) is 0 Å². The highest BCUT2D eigenvalue weighted by Crippen LogP contribution is 2.31. The number of halogens is 2. The fraction of sp³-hybridized carbons (Fsp3) is 0. The number of benzene rings is 1. The molecule has 0 saturated heterocycles. The van der Waals surface area contributed by atoms with Gasteiger partial charge in [0.05, 0.1) is 5.02 Å². The first kappa shape index (κ1) is 11.8. The van der Waals surface area contributed by atoms with Crippen LogP contribution in [0.5, 0.6) is 11.8 Å². The van der Waals surface area contributed by atoms with E-state index in [0.717, 1.165) is 6.26 Å². The molecule has 17 heavy (non-hydrogen) atoms. The molecule has 1 aromatic heterocycles. The molecule has 0 radical (unpaired) electrons. The van der Waals surface area contributed by atoms with Crippen molar-refractivity contribution in [3.05, 3.63) is 40.2 Å². The van der Waals surface area contributed by atoms with Crippen LogP contribution in [0.15, 0.2) is 28.9 Å². The van der Waals surface area contributed by atoms with Gasteiger partial charge >= 0.3 is 12.0 Å². The van der Waals surface area contributed by atoms with Crippen molar-refractivity contribution in [1.82, 2.24) is 4.98 Å². The van der Waals surface area contributed by atoms with Crippen molar-refractivity contribution in [3.63, 3.8) is 0 Å². The van der Waals surface area contributed by atoms with Crippen LogP contribution in [0.2, 0.25) is 10.0 Å². The SMILES string of the molecule is O=C(O)c1coc(Oc2cc(Cl)ccc2Cl)n1. The van der Waals surface area contributed by atoms with Crippen LogP contribution in [0.3, 0.4) is 0 Å². The number of rotatable bonds is 3. The molecule has 0 aliphatic carbocycles. The van der Waals surface area contributed by atoms with Crippen LogP contribution in [0, 0.1) is 0 Å². The van der Waals surface area contributed by atoms with E-state index < -0.39 is 5.97 Å². The van der Waals surface area contributed by atoms with Crippen molar-refractivity contribution in [2.24, 2.45) is 0 Å². The predicted octanol–water partition coefficient (Wildman–Crippen LogP) is 3.47. The lowest BCUT2D eigenvalue weighted by Crippen LogP contribution is -1.95. The summed E-state index contributed by atoms with van der Waals surface area (Å²) in [5.74, 6) is -0.973. The lowest BCUT2D eigenvalue weighted by molar-refractivity contribution is 0.0690. The first-order chi connectivity index (χ1) is 8.06. The third kappa shape index (κ3) is 2.69. The molecule has 0 aliphatic heterocycles. The number of aromatic nitrogens is 1. The second kappa shape index (κ2) is 4.65. The van der Waals surface area contributed by atoms with Gasteiger partial charge in [-0.1, -0.05) is 23.2 Å². The maximum absolute atomic E-state index is 10.6. The average molecular weight is 274 g/mol. The zero-order valence-electron chi connectivity index (χ0n) is 8.18. The number of nitrogens with zero attached hydrogens (tertiary/aromatic N) is 1. The molecule has 5 nitrogen and oxygen atoms in total. The van der Waals surface area contributed by atoms with Gasteiger partial charge in [-0.2, -0.15) is 4.98 Å². The zero-order valence-corrected chi connectivity index (χ0v) is 9.70. The molecule has 0 saturated carbocycles. The maximum atomic E-state index is 10.6. The van der Waals surface area contributed by atoms with Crippen molar-refractivity contribution in [1.29, 1.82) is 0 Å². The molecule has 0 fully saturated rings. The van der Waals surface area contributed by atoms with Gasteiger partial charge in [-0.25, -0.2) is 4.79 Å².